The fourth-order valence-corrected chi connectivity index (χ4v) is 2.97. The van der Waals surface area contributed by atoms with Crippen LogP contribution in [-0.4, -0.2) is 11.1 Å². The predicted octanol–water partition coefficient (Wildman–Crippen LogP) is 4.53. The van der Waals surface area contributed by atoms with Crippen LogP contribution in [-0.2, 0) is 0 Å². The molecule has 21 heavy (non-hydrogen) atoms. The number of carbonyl (C=O) groups is 1. The van der Waals surface area contributed by atoms with E-state index in [1.54, 1.807) is 0 Å². The normalized spacial score (nSPS) is 12.4. The first-order valence-corrected chi connectivity index (χ1v) is 7.30. The van der Waals surface area contributed by atoms with Gasteiger partial charge in [0, 0.05) is 10.9 Å². The molecule has 1 unspecified atom stereocenters. The Morgan fingerprint density at radius 3 is 2.52 bits per heavy atom. The zero-order valence-electron chi connectivity index (χ0n) is 11.6. The third-order valence-electron chi connectivity index (χ3n) is 3.11. The van der Waals surface area contributed by atoms with Crippen molar-refractivity contribution in [2.75, 3.05) is 5.32 Å². The number of benzene rings is 1. The number of hydrogen-bond acceptors (Lipinski definition) is 3. The van der Waals surface area contributed by atoms with Crippen molar-refractivity contribution in [2.45, 2.75) is 19.9 Å². The molecular weight excluding hydrogens is 296 g/mol. The summed E-state index contributed by atoms with van der Waals surface area (Å²) >= 11 is 1.52. The van der Waals surface area contributed by atoms with Gasteiger partial charge in [-0.15, -0.1) is 11.3 Å². The van der Waals surface area contributed by atoms with Crippen molar-refractivity contribution in [1.82, 2.24) is 0 Å². The lowest BCUT2D eigenvalue weighted by molar-refractivity contribution is 0.0692. The van der Waals surface area contributed by atoms with Crippen LogP contribution < -0.4 is 5.32 Å². The first-order valence-electron chi connectivity index (χ1n) is 6.42. The van der Waals surface area contributed by atoms with E-state index >= 15 is 0 Å². The van der Waals surface area contributed by atoms with E-state index in [-0.39, 0.29) is 17.6 Å². The molecule has 1 aromatic carbocycles. The van der Waals surface area contributed by atoms with Crippen molar-refractivity contribution in [3.8, 4) is 0 Å². The molecule has 0 amide bonds. The summed E-state index contributed by atoms with van der Waals surface area (Å²) in [4.78, 5) is 12.0. The van der Waals surface area contributed by atoms with E-state index in [4.69, 9.17) is 5.11 Å². The molecule has 1 atom stereocenters. The van der Waals surface area contributed by atoms with Gasteiger partial charge in [0.25, 0.3) is 0 Å². The van der Waals surface area contributed by atoms with Crippen LogP contribution in [0.3, 0.4) is 0 Å². The largest absolute Gasteiger partial charge is 0.478 e. The van der Waals surface area contributed by atoms with Crippen molar-refractivity contribution in [3.05, 3.63) is 51.7 Å². The van der Waals surface area contributed by atoms with Crippen molar-refractivity contribution in [2.24, 2.45) is 5.92 Å². The van der Waals surface area contributed by atoms with E-state index < -0.39 is 23.2 Å². The zero-order chi connectivity index (χ0) is 15.6. The topological polar surface area (TPSA) is 49.3 Å². The van der Waals surface area contributed by atoms with Gasteiger partial charge in [0.1, 0.15) is 11.6 Å². The number of rotatable bonds is 5. The quantitative estimate of drug-likeness (QED) is 0.852. The Balaban J connectivity index is 2.37. The molecule has 1 heterocycles. The smallest absolute Gasteiger partial charge is 0.338 e. The number of carboxylic acids is 1. The van der Waals surface area contributed by atoms with Crippen molar-refractivity contribution in [3.63, 3.8) is 0 Å². The molecule has 112 valence electrons. The minimum absolute atomic E-state index is 0.0131. The fraction of sp³-hybridized carbons (Fsp3) is 0.267. The molecule has 0 aliphatic rings. The second kappa shape index (κ2) is 6.22. The number of halogens is 2. The van der Waals surface area contributed by atoms with Gasteiger partial charge in [-0.1, -0.05) is 19.9 Å². The monoisotopic (exact) mass is 311 g/mol. The highest BCUT2D eigenvalue weighted by atomic mass is 32.1. The Morgan fingerprint density at radius 2 is 2.00 bits per heavy atom. The van der Waals surface area contributed by atoms with Crippen LogP contribution in [0.4, 0.5) is 14.5 Å². The van der Waals surface area contributed by atoms with Crippen LogP contribution in [0, 0.1) is 17.6 Å². The van der Waals surface area contributed by atoms with Gasteiger partial charge in [0.2, 0.25) is 0 Å². The van der Waals surface area contributed by atoms with E-state index in [0.29, 0.717) is 6.07 Å². The van der Waals surface area contributed by atoms with Crippen LogP contribution in [0.1, 0.15) is 35.1 Å². The van der Waals surface area contributed by atoms with E-state index in [9.17, 15) is 13.6 Å². The van der Waals surface area contributed by atoms with E-state index in [2.05, 4.69) is 5.32 Å². The standard InChI is InChI=1S/C15H15F2NO2S/c1-8(2)14(13-4-3-5-21-13)18-12-6-9(15(19)20)10(16)7-11(12)17/h3-8,14,18H,1-2H3,(H,19,20). The SMILES string of the molecule is CC(C)C(Nc1cc(C(=O)O)c(F)cc1F)c1cccs1. The van der Waals surface area contributed by atoms with Gasteiger partial charge in [0.15, 0.2) is 0 Å². The highest BCUT2D eigenvalue weighted by Crippen LogP contribution is 2.31. The summed E-state index contributed by atoms with van der Waals surface area (Å²) in [5, 5.41) is 13.8. The van der Waals surface area contributed by atoms with Gasteiger partial charge in [0.05, 0.1) is 17.3 Å². The highest BCUT2D eigenvalue weighted by Gasteiger charge is 2.21. The molecule has 0 radical (unpaired) electrons. The third kappa shape index (κ3) is 3.39. The Bertz CT molecular complexity index is 641. The molecule has 0 saturated heterocycles. The maximum atomic E-state index is 13.9. The van der Waals surface area contributed by atoms with Gasteiger partial charge in [-0.05, 0) is 23.4 Å². The van der Waals surface area contributed by atoms with E-state index in [1.807, 2.05) is 31.4 Å². The number of hydrogen-bond donors (Lipinski definition) is 2. The van der Waals surface area contributed by atoms with Crippen molar-refractivity contribution in [1.29, 1.82) is 0 Å². The minimum atomic E-state index is -1.42. The van der Waals surface area contributed by atoms with Crippen LogP contribution in [0.5, 0.6) is 0 Å². The van der Waals surface area contributed by atoms with Gasteiger partial charge in [-0.3, -0.25) is 0 Å². The fourth-order valence-electron chi connectivity index (χ4n) is 2.03. The molecular formula is C15H15F2NO2S. The molecule has 2 rings (SSSR count). The number of carboxylic acid groups (broad SMARTS) is 1. The first-order chi connectivity index (χ1) is 9.90. The molecule has 0 fully saturated rings. The number of thiophene rings is 1. The summed E-state index contributed by atoms with van der Waals surface area (Å²) in [6.07, 6.45) is 0. The molecule has 3 nitrogen and oxygen atoms in total. The van der Waals surface area contributed by atoms with Crippen molar-refractivity contribution >= 4 is 23.0 Å². The Hall–Kier alpha value is -1.95. The highest BCUT2D eigenvalue weighted by molar-refractivity contribution is 7.10. The lowest BCUT2D eigenvalue weighted by atomic mass is 10.0. The summed E-state index contributed by atoms with van der Waals surface area (Å²) < 4.78 is 27.3. The predicted molar refractivity (Wildman–Crippen MR) is 78.8 cm³/mol. The number of anilines is 1. The van der Waals surface area contributed by atoms with Crippen LogP contribution >= 0.6 is 11.3 Å². The number of nitrogens with one attached hydrogen (secondary N) is 1. The molecule has 6 heteroatoms. The van der Waals surface area contributed by atoms with Gasteiger partial charge in [-0.25, -0.2) is 13.6 Å². The van der Waals surface area contributed by atoms with Gasteiger partial charge < -0.3 is 10.4 Å². The van der Waals surface area contributed by atoms with Crippen LogP contribution in [0.15, 0.2) is 29.6 Å². The average Bonchev–Trinajstić information content (AvgIpc) is 2.90. The first kappa shape index (κ1) is 15.4. The molecule has 0 saturated carbocycles. The molecule has 0 aliphatic heterocycles. The summed E-state index contributed by atoms with van der Waals surface area (Å²) in [6, 6.07) is 5.22. The van der Waals surface area contributed by atoms with Crippen molar-refractivity contribution < 1.29 is 18.7 Å². The van der Waals surface area contributed by atoms with Crippen LogP contribution in [0.25, 0.3) is 0 Å². The van der Waals surface area contributed by atoms with E-state index in [0.717, 1.165) is 10.9 Å². The van der Waals surface area contributed by atoms with Gasteiger partial charge in [-0.2, -0.15) is 0 Å². The summed E-state index contributed by atoms with van der Waals surface area (Å²) in [7, 11) is 0. The molecule has 2 aromatic rings. The maximum Gasteiger partial charge on any atom is 0.338 e. The molecule has 1 aromatic heterocycles. The Kier molecular flexibility index (Phi) is 4.57. The lowest BCUT2D eigenvalue weighted by Gasteiger charge is -2.23. The van der Waals surface area contributed by atoms with E-state index in [1.165, 1.54) is 11.3 Å². The van der Waals surface area contributed by atoms with Gasteiger partial charge >= 0.3 is 5.97 Å². The number of aromatic carboxylic acids is 1. The summed E-state index contributed by atoms with van der Waals surface area (Å²) in [5.74, 6) is -3.16. The summed E-state index contributed by atoms with van der Waals surface area (Å²) in [6.45, 7) is 3.94. The molecule has 0 spiro atoms. The Morgan fingerprint density at radius 1 is 1.29 bits per heavy atom. The lowest BCUT2D eigenvalue weighted by Crippen LogP contribution is -2.17. The van der Waals surface area contributed by atoms with Crippen LogP contribution in [0.2, 0.25) is 0 Å². The Labute approximate surface area is 125 Å². The second-order valence-electron chi connectivity index (χ2n) is 5.00. The molecule has 2 N–H and O–H groups in total. The molecule has 0 bridgehead atoms. The average molecular weight is 311 g/mol. The minimum Gasteiger partial charge on any atom is -0.478 e. The zero-order valence-corrected chi connectivity index (χ0v) is 12.4. The molecule has 0 aliphatic carbocycles. The maximum absolute atomic E-state index is 13.9. The second-order valence-corrected chi connectivity index (χ2v) is 5.98. The third-order valence-corrected chi connectivity index (χ3v) is 4.07. The summed E-state index contributed by atoms with van der Waals surface area (Å²) in [5.41, 5.74) is -0.562.